The number of hydrogen-bond acceptors (Lipinski definition) is 2. The molecule has 1 rings (SSSR count). The molecule has 0 heterocycles. The van der Waals surface area contributed by atoms with Gasteiger partial charge in [-0.15, -0.1) is 0 Å². The third-order valence-electron chi connectivity index (χ3n) is 2.16. The highest BCUT2D eigenvalue weighted by molar-refractivity contribution is 6.30. The van der Waals surface area contributed by atoms with Crippen molar-refractivity contribution < 1.29 is 9.50 Å². The average Bonchev–Trinajstić information content (AvgIpc) is 2.13. The first kappa shape index (κ1) is 11.4. The monoisotopic (exact) mass is 217 g/mol. The van der Waals surface area contributed by atoms with Gasteiger partial charge < -0.3 is 10.8 Å². The van der Waals surface area contributed by atoms with E-state index < -0.39 is 11.9 Å². The number of aliphatic hydroxyl groups is 1. The lowest BCUT2D eigenvalue weighted by molar-refractivity contribution is 0.275. The van der Waals surface area contributed by atoms with E-state index in [1.807, 2.05) is 0 Å². The molecule has 2 nitrogen and oxygen atoms in total. The summed E-state index contributed by atoms with van der Waals surface area (Å²) in [5.41, 5.74) is 6.87. The minimum atomic E-state index is -0.501. The Morgan fingerprint density at radius 1 is 1.57 bits per heavy atom. The number of rotatable bonds is 3. The lowest BCUT2D eigenvalue weighted by Gasteiger charge is -2.15. The number of benzene rings is 1. The van der Waals surface area contributed by atoms with Crippen molar-refractivity contribution in [3.63, 3.8) is 0 Å². The van der Waals surface area contributed by atoms with E-state index in [4.69, 9.17) is 22.4 Å². The summed E-state index contributed by atoms with van der Waals surface area (Å²) in [6, 6.07) is 2.72. The van der Waals surface area contributed by atoms with Gasteiger partial charge in [0.15, 0.2) is 0 Å². The lowest BCUT2D eigenvalue weighted by Crippen LogP contribution is -2.15. The Kier molecular flexibility index (Phi) is 3.86. The fraction of sp³-hybridized carbons (Fsp3) is 0.400. The molecule has 0 aliphatic heterocycles. The second-order valence-electron chi connectivity index (χ2n) is 3.21. The van der Waals surface area contributed by atoms with E-state index in [1.54, 1.807) is 13.0 Å². The van der Waals surface area contributed by atoms with Crippen LogP contribution in [-0.2, 0) is 0 Å². The minimum absolute atomic E-state index is 0.0629. The van der Waals surface area contributed by atoms with E-state index in [0.717, 1.165) is 5.56 Å². The van der Waals surface area contributed by atoms with Crippen molar-refractivity contribution in [2.45, 2.75) is 19.4 Å². The lowest BCUT2D eigenvalue weighted by atomic mass is 9.99. The molecule has 4 heteroatoms. The summed E-state index contributed by atoms with van der Waals surface area (Å²) in [4.78, 5) is 0. The van der Waals surface area contributed by atoms with Crippen LogP contribution in [0.5, 0.6) is 0 Å². The van der Waals surface area contributed by atoms with Crippen LogP contribution >= 0.6 is 11.6 Å². The zero-order chi connectivity index (χ0) is 10.7. The molecule has 0 aliphatic rings. The largest absolute Gasteiger partial charge is 0.396 e. The van der Waals surface area contributed by atoms with Crippen LogP contribution in [-0.4, -0.2) is 11.7 Å². The van der Waals surface area contributed by atoms with Gasteiger partial charge in [-0.3, -0.25) is 0 Å². The Bertz CT molecular complexity index is 330. The smallest absolute Gasteiger partial charge is 0.146 e. The standard InChI is InChI=1S/C10H13ClFNO/c1-6-2-3-7(11)10(12)9(6)8(13)4-5-14/h2-3,8,14H,4-5,13H2,1H3/t8-/m0/s1. The second kappa shape index (κ2) is 4.73. The van der Waals surface area contributed by atoms with Crippen molar-refractivity contribution in [3.8, 4) is 0 Å². The van der Waals surface area contributed by atoms with E-state index in [-0.39, 0.29) is 11.6 Å². The molecular weight excluding hydrogens is 205 g/mol. The number of hydrogen-bond donors (Lipinski definition) is 2. The molecule has 0 amide bonds. The van der Waals surface area contributed by atoms with Crippen molar-refractivity contribution in [1.82, 2.24) is 0 Å². The van der Waals surface area contributed by atoms with Crippen LogP contribution in [0.3, 0.4) is 0 Å². The quantitative estimate of drug-likeness (QED) is 0.815. The molecule has 0 spiro atoms. The maximum atomic E-state index is 13.5. The topological polar surface area (TPSA) is 46.2 Å². The summed E-state index contributed by atoms with van der Waals surface area (Å²) >= 11 is 5.64. The number of nitrogens with two attached hydrogens (primary N) is 1. The van der Waals surface area contributed by atoms with E-state index >= 15 is 0 Å². The van der Waals surface area contributed by atoms with Gasteiger partial charge >= 0.3 is 0 Å². The van der Waals surface area contributed by atoms with Crippen molar-refractivity contribution >= 4 is 11.6 Å². The summed E-state index contributed by atoms with van der Waals surface area (Å²) < 4.78 is 13.5. The molecule has 14 heavy (non-hydrogen) atoms. The first-order valence-corrected chi connectivity index (χ1v) is 4.76. The Labute approximate surface area is 87.5 Å². The van der Waals surface area contributed by atoms with Crippen molar-refractivity contribution in [2.75, 3.05) is 6.61 Å². The second-order valence-corrected chi connectivity index (χ2v) is 3.62. The molecular formula is C10H13ClFNO. The summed E-state index contributed by atoms with van der Waals surface area (Å²) in [6.45, 7) is 1.71. The maximum Gasteiger partial charge on any atom is 0.146 e. The molecule has 0 radical (unpaired) electrons. The molecule has 0 unspecified atom stereocenters. The highest BCUT2D eigenvalue weighted by Gasteiger charge is 2.16. The first-order chi connectivity index (χ1) is 6.57. The predicted molar refractivity (Wildman–Crippen MR) is 54.8 cm³/mol. The minimum Gasteiger partial charge on any atom is -0.396 e. The molecule has 0 saturated carbocycles. The van der Waals surface area contributed by atoms with Gasteiger partial charge in [0.05, 0.1) is 5.02 Å². The van der Waals surface area contributed by atoms with E-state index in [0.29, 0.717) is 12.0 Å². The Morgan fingerprint density at radius 2 is 2.21 bits per heavy atom. The highest BCUT2D eigenvalue weighted by Crippen LogP contribution is 2.26. The molecule has 0 aromatic heterocycles. The van der Waals surface area contributed by atoms with Crippen molar-refractivity contribution in [2.24, 2.45) is 5.73 Å². The molecule has 0 aliphatic carbocycles. The Balaban J connectivity index is 3.11. The van der Waals surface area contributed by atoms with Crippen LogP contribution in [0, 0.1) is 12.7 Å². The molecule has 1 atom stereocenters. The van der Waals surface area contributed by atoms with Gasteiger partial charge in [-0.1, -0.05) is 17.7 Å². The van der Waals surface area contributed by atoms with E-state index in [9.17, 15) is 4.39 Å². The zero-order valence-electron chi connectivity index (χ0n) is 7.93. The van der Waals surface area contributed by atoms with Gasteiger partial charge in [-0.25, -0.2) is 4.39 Å². The maximum absolute atomic E-state index is 13.5. The Morgan fingerprint density at radius 3 is 2.79 bits per heavy atom. The van der Waals surface area contributed by atoms with Gasteiger partial charge in [-0.05, 0) is 25.0 Å². The molecule has 0 fully saturated rings. The van der Waals surface area contributed by atoms with Crippen LogP contribution in [0.1, 0.15) is 23.6 Å². The van der Waals surface area contributed by atoms with Gasteiger partial charge in [0.1, 0.15) is 5.82 Å². The normalized spacial score (nSPS) is 12.9. The fourth-order valence-electron chi connectivity index (χ4n) is 1.40. The van der Waals surface area contributed by atoms with Gasteiger partial charge in [-0.2, -0.15) is 0 Å². The third-order valence-corrected chi connectivity index (χ3v) is 2.45. The number of halogens is 2. The zero-order valence-corrected chi connectivity index (χ0v) is 8.68. The number of aryl methyl sites for hydroxylation is 1. The molecule has 78 valence electrons. The highest BCUT2D eigenvalue weighted by atomic mass is 35.5. The molecule has 3 N–H and O–H groups in total. The Hall–Kier alpha value is -0.640. The molecule has 1 aromatic carbocycles. The van der Waals surface area contributed by atoms with Crippen LogP contribution < -0.4 is 5.73 Å². The first-order valence-electron chi connectivity index (χ1n) is 4.39. The summed E-state index contributed by atoms with van der Waals surface area (Å²) in [6.07, 6.45) is 0.331. The molecule has 0 saturated heterocycles. The predicted octanol–water partition coefficient (Wildman–Crippen LogP) is 2.17. The van der Waals surface area contributed by atoms with Gasteiger partial charge in [0.25, 0.3) is 0 Å². The van der Waals surface area contributed by atoms with Crippen LogP contribution in [0.4, 0.5) is 4.39 Å². The number of aliphatic hydroxyl groups excluding tert-OH is 1. The van der Waals surface area contributed by atoms with E-state index in [1.165, 1.54) is 6.07 Å². The van der Waals surface area contributed by atoms with Gasteiger partial charge in [0.2, 0.25) is 0 Å². The van der Waals surface area contributed by atoms with Gasteiger partial charge in [0, 0.05) is 18.2 Å². The fourth-order valence-corrected chi connectivity index (χ4v) is 1.57. The SMILES string of the molecule is Cc1ccc(Cl)c(F)c1[C@@H](N)CCO. The van der Waals surface area contributed by atoms with Crippen LogP contribution in [0.25, 0.3) is 0 Å². The van der Waals surface area contributed by atoms with Crippen LogP contribution in [0.2, 0.25) is 5.02 Å². The van der Waals surface area contributed by atoms with Crippen molar-refractivity contribution in [1.29, 1.82) is 0 Å². The molecule has 1 aromatic rings. The summed E-state index contributed by atoms with van der Waals surface area (Å²) in [5, 5.41) is 8.78. The average molecular weight is 218 g/mol. The molecule has 0 bridgehead atoms. The third kappa shape index (κ3) is 2.23. The van der Waals surface area contributed by atoms with E-state index in [2.05, 4.69) is 0 Å². The summed E-state index contributed by atoms with van der Waals surface area (Å²) in [5.74, 6) is -0.479. The van der Waals surface area contributed by atoms with Crippen molar-refractivity contribution in [3.05, 3.63) is 34.1 Å². The van der Waals surface area contributed by atoms with Crippen LogP contribution in [0.15, 0.2) is 12.1 Å². The summed E-state index contributed by atoms with van der Waals surface area (Å²) in [7, 11) is 0.